The third-order valence-electron chi connectivity index (χ3n) is 2.85. The van der Waals surface area contributed by atoms with Gasteiger partial charge in [-0.25, -0.2) is 0 Å². The van der Waals surface area contributed by atoms with Crippen LogP contribution in [0.2, 0.25) is 10.0 Å². The molecule has 1 atom stereocenters. The van der Waals surface area contributed by atoms with E-state index in [9.17, 15) is 0 Å². The van der Waals surface area contributed by atoms with Crippen molar-refractivity contribution in [1.82, 2.24) is 0 Å². The number of hydrogen-bond donors (Lipinski definition) is 1. The van der Waals surface area contributed by atoms with Crippen LogP contribution >= 0.6 is 23.2 Å². The monoisotopic (exact) mass is 279 g/mol. The summed E-state index contributed by atoms with van der Waals surface area (Å²) < 4.78 is 0. The third kappa shape index (κ3) is 3.49. The highest BCUT2D eigenvalue weighted by Crippen LogP contribution is 2.26. The van der Waals surface area contributed by atoms with Gasteiger partial charge >= 0.3 is 0 Å². The second-order valence-corrected chi connectivity index (χ2v) is 5.15. The lowest BCUT2D eigenvalue weighted by Gasteiger charge is -2.13. The molecular weight excluding hydrogens is 265 g/mol. The van der Waals surface area contributed by atoms with Crippen molar-refractivity contribution in [3.63, 3.8) is 0 Å². The van der Waals surface area contributed by atoms with Gasteiger partial charge in [0.2, 0.25) is 0 Å². The van der Waals surface area contributed by atoms with Gasteiger partial charge < -0.3 is 5.73 Å². The Morgan fingerprint density at radius 2 is 1.61 bits per heavy atom. The van der Waals surface area contributed by atoms with Gasteiger partial charge in [0, 0.05) is 6.04 Å². The minimum atomic E-state index is 0.0448. The van der Waals surface area contributed by atoms with Crippen LogP contribution in [-0.4, -0.2) is 6.04 Å². The molecule has 94 valence electrons. The minimum absolute atomic E-state index is 0.0448. The van der Waals surface area contributed by atoms with E-state index >= 15 is 0 Å². The highest BCUT2D eigenvalue weighted by molar-refractivity contribution is 6.42. The summed E-state index contributed by atoms with van der Waals surface area (Å²) in [5.41, 5.74) is 8.40. The summed E-state index contributed by atoms with van der Waals surface area (Å²) in [5.74, 6) is 0. The largest absolute Gasteiger partial charge is 0.327 e. The first-order chi connectivity index (χ1) is 8.66. The molecule has 18 heavy (non-hydrogen) atoms. The topological polar surface area (TPSA) is 26.0 Å². The first kappa shape index (κ1) is 13.4. The van der Waals surface area contributed by atoms with Gasteiger partial charge in [0.05, 0.1) is 10.0 Å². The van der Waals surface area contributed by atoms with Gasteiger partial charge in [-0.3, -0.25) is 0 Å². The minimum Gasteiger partial charge on any atom is -0.327 e. The first-order valence-electron chi connectivity index (χ1n) is 5.89. The first-order valence-corrected chi connectivity index (χ1v) is 6.65. The Balaban J connectivity index is 2.03. The summed E-state index contributed by atoms with van der Waals surface area (Å²) in [6.07, 6.45) is 1.57. The molecule has 0 fully saturated rings. The van der Waals surface area contributed by atoms with Crippen molar-refractivity contribution in [3.8, 4) is 0 Å². The smallest absolute Gasteiger partial charge is 0.0624 e. The molecule has 3 heteroatoms. The average Bonchev–Trinajstić information content (AvgIpc) is 2.36. The zero-order chi connectivity index (χ0) is 13.0. The van der Waals surface area contributed by atoms with Crippen LogP contribution in [0.5, 0.6) is 0 Å². The van der Waals surface area contributed by atoms with Crippen molar-refractivity contribution in [3.05, 3.63) is 69.7 Å². The van der Waals surface area contributed by atoms with E-state index in [4.69, 9.17) is 28.9 Å². The summed E-state index contributed by atoms with van der Waals surface area (Å²) in [7, 11) is 0. The summed E-state index contributed by atoms with van der Waals surface area (Å²) in [6, 6.07) is 15.9. The predicted octanol–water partition coefficient (Wildman–Crippen LogP) is 4.11. The quantitative estimate of drug-likeness (QED) is 0.896. The Kier molecular flexibility index (Phi) is 4.65. The molecule has 0 amide bonds. The van der Waals surface area contributed by atoms with Crippen molar-refractivity contribution in [2.45, 2.75) is 18.9 Å². The van der Waals surface area contributed by atoms with Crippen LogP contribution < -0.4 is 5.73 Å². The fourth-order valence-electron chi connectivity index (χ4n) is 1.98. The van der Waals surface area contributed by atoms with Crippen molar-refractivity contribution >= 4 is 23.2 Å². The number of nitrogens with two attached hydrogens (primary N) is 1. The number of benzene rings is 2. The lowest BCUT2D eigenvalue weighted by Crippen LogP contribution is -2.25. The zero-order valence-corrected chi connectivity index (χ0v) is 11.5. The van der Waals surface area contributed by atoms with E-state index in [0.29, 0.717) is 10.0 Å². The van der Waals surface area contributed by atoms with Crippen LogP contribution in [0, 0.1) is 0 Å². The molecule has 2 aromatic carbocycles. The maximum absolute atomic E-state index is 6.15. The Morgan fingerprint density at radius 1 is 0.889 bits per heavy atom. The molecule has 0 spiro atoms. The van der Waals surface area contributed by atoms with Gasteiger partial charge in [0.1, 0.15) is 0 Å². The standard InChI is InChI=1S/C15H15Cl2N/c16-14-8-4-7-12(15(14)17)10-13(18)9-11-5-2-1-3-6-11/h1-8,13H,9-10,18H2. The van der Waals surface area contributed by atoms with Crippen molar-refractivity contribution in [2.75, 3.05) is 0 Å². The van der Waals surface area contributed by atoms with E-state index in [2.05, 4.69) is 12.1 Å². The molecule has 0 saturated carbocycles. The Morgan fingerprint density at radius 3 is 2.33 bits per heavy atom. The third-order valence-corrected chi connectivity index (χ3v) is 3.71. The Labute approximate surface area is 118 Å². The molecule has 0 saturated heterocycles. The fraction of sp³-hybridized carbons (Fsp3) is 0.200. The Hall–Kier alpha value is -1.02. The SMILES string of the molecule is NC(Cc1ccccc1)Cc1cccc(Cl)c1Cl. The highest BCUT2D eigenvalue weighted by Gasteiger charge is 2.09. The average molecular weight is 280 g/mol. The van der Waals surface area contributed by atoms with Crippen LogP contribution in [0.15, 0.2) is 48.5 Å². The molecule has 0 bridgehead atoms. The van der Waals surface area contributed by atoms with Gasteiger partial charge in [-0.1, -0.05) is 65.7 Å². The number of hydrogen-bond acceptors (Lipinski definition) is 1. The van der Waals surface area contributed by atoms with Crippen molar-refractivity contribution in [2.24, 2.45) is 5.73 Å². The maximum atomic E-state index is 6.15. The fourth-order valence-corrected chi connectivity index (χ4v) is 2.37. The highest BCUT2D eigenvalue weighted by atomic mass is 35.5. The molecule has 1 unspecified atom stereocenters. The molecule has 2 rings (SSSR count). The van der Waals surface area contributed by atoms with Gasteiger partial charge in [-0.05, 0) is 30.0 Å². The van der Waals surface area contributed by atoms with E-state index in [0.717, 1.165) is 18.4 Å². The van der Waals surface area contributed by atoms with E-state index in [1.165, 1.54) is 5.56 Å². The number of halogens is 2. The normalized spacial score (nSPS) is 12.4. The van der Waals surface area contributed by atoms with Crippen LogP contribution in [0.4, 0.5) is 0 Å². The van der Waals surface area contributed by atoms with Crippen LogP contribution in [0.3, 0.4) is 0 Å². The predicted molar refractivity (Wildman–Crippen MR) is 78.3 cm³/mol. The molecule has 0 radical (unpaired) electrons. The molecule has 2 N–H and O–H groups in total. The molecule has 0 aliphatic rings. The molecule has 2 aromatic rings. The van der Waals surface area contributed by atoms with Gasteiger partial charge in [-0.2, -0.15) is 0 Å². The van der Waals surface area contributed by atoms with Crippen LogP contribution in [-0.2, 0) is 12.8 Å². The molecular formula is C15H15Cl2N. The molecule has 0 aromatic heterocycles. The molecule has 1 nitrogen and oxygen atoms in total. The van der Waals surface area contributed by atoms with E-state index < -0.39 is 0 Å². The van der Waals surface area contributed by atoms with Crippen molar-refractivity contribution in [1.29, 1.82) is 0 Å². The maximum Gasteiger partial charge on any atom is 0.0624 e. The lowest BCUT2D eigenvalue weighted by atomic mass is 10.00. The van der Waals surface area contributed by atoms with E-state index in [-0.39, 0.29) is 6.04 Å². The second kappa shape index (κ2) is 6.24. The van der Waals surface area contributed by atoms with Crippen LogP contribution in [0.25, 0.3) is 0 Å². The van der Waals surface area contributed by atoms with Gasteiger partial charge in [0.25, 0.3) is 0 Å². The van der Waals surface area contributed by atoms with Gasteiger partial charge in [0.15, 0.2) is 0 Å². The van der Waals surface area contributed by atoms with Gasteiger partial charge in [-0.15, -0.1) is 0 Å². The zero-order valence-electron chi connectivity index (χ0n) is 9.94. The number of rotatable bonds is 4. The molecule has 0 aliphatic heterocycles. The molecule has 0 heterocycles. The van der Waals surface area contributed by atoms with Crippen LogP contribution in [0.1, 0.15) is 11.1 Å². The lowest BCUT2D eigenvalue weighted by molar-refractivity contribution is 0.665. The summed E-state index contributed by atoms with van der Waals surface area (Å²) in [5, 5.41) is 1.20. The summed E-state index contributed by atoms with van der Waals surface area (Å²) in [6.45, 7) is 0. The second-order valence-electron chi connectivity index (χ2n) is 4.37. The van der Waals surface area contributed by atoms with E-state index in [1.54, 1.807) is 6.07 Å². The molecule has 0 aliphatic carbocycles. The summed E-state index contributed by atoms with van der Waals surface area (Å²) in [4.78, 5) is 0. The Bertz CT molecular complexity index is 511. The van der Waals surface area contributed by atoms with Crippen molar-refractivity contribution < 1.29 is 0 Å². The van der Waals surface area contributed by atoms with E-state index in [1.807, 2.05) is 30.3 Å². The summed E-state index contributed by atoms with van der Waals surface area (Å²) >= 11 is 12.1.